The molecule has 3 atom stereocenters. The van der Waals surface area contributed by atoms with E-state index >= 15 is 0 Å². The van der Waals surface area contributed by atoms with Gasteiger partial charge >= 0.3 is 0 Å². The molecule has 0 amide bonds. The molecule has 42 heavy (non-hydrogen) atoms. The molecule has 6 nitrogen and oxygen atoms in total. The Hall–Kier alpha value is -4.97. The smallest absolute Gasteiger partial charge is 0.185 e. The lowest BCUT2D eigenvalue weighted by Gasteiger charge is -2.37. The van der Waals surface area contributed by atoms with E-state index in [1.54, 1.807) is 56.7 Å². The second kappa shape index (κ2) is 9.55. The first kappa shape index (κ1) is 26.0. The fraction of sp³-hybridized carbons (Fsp3) is 0.194. The first-order valence-corrected chi connectivity index (χ1v) is 14.0. The molecule has 0 aromatic heterocycles. The van der Waals surface area contributed by atoms with E-state index in [2.05, 4.69) is 0 Å². The minimum atomic E-state index is -1.61. The first-order chi connectivity index (χ1) is 20.4. The maximum absolute atomic E-state index is 14.8. The summed E-state index contributed by atoms with van der Waals surface area (Å²) in [4.78, 5) is 46.5. The van der Waals surface area contributed by atoms with Gasteiger partial charge in [0.2, 0.25) is 0 Å². The number of Topliss-reactive ketones (excluding diaryl/α,β-unsaturated/α-hetero) is 3. The average molecular weight is 556 g/mol. The van der Waals surface area contributed by atoms with Crippen LogP contribution in [0.3, 0.4) is 0 Å². The fourth-order valence-corrected chi connectivity index (χ4v) is 7.23. The number of carbonyl (C=O) groups excluding carboxylic acids is 3. The lowest BCUT2D eigenvalue weighted by molar-refractivity contribution is 0.0664. The maximum Gasteiger partial charge on any atom is 0.185 e. The van der Waals surface area contributed by atoms with Crippen molar-refractivity contribution in [2.24, 2.45) is 5.41 Å². The van der Waals surface area contributed by atoms with Crippen LogP contribution in [-0.4, -0.2) is 43.7 Å². The summed E-state index contributed by atoms with van der Waals surface area (Å²) in [7, 11) is 3.12. The molecule has 0 N–H and O–H groups in total. The van der Waals surface area contributed by atoms with E-state index in [1.807, 2.05) is 72.5 Å². The molecule has 1 fully saturated rings. The summed E-state index contributed by atoms with van der Waals surface area (Å²) in [6.07, 6.45) is 3.88. The molecule has 2 aliphatic heterocycles. The number of ether oxygens (including phenoxy) is 2. The van der Waals surface area contributed by atoms with Gasteiger partial charge in [0.1, 0.15) is 23.0 Å². The van der Waals surface area contributed by atoms with Crippen molar-refractivity contribution in [1.29, 1.82) is 0 Å². The third kappa shape index (κ3) is 3.41. The van der Waals surface area contributed by atoms with E-state index in [1.165, 1.54) is 0 Å². The highest BCUT2D eigenvalue weighted by molar-refractivity contribution is 6.32. The molecule has 0 radical (unpaired) electrons. The van der Waals surface area contributed by atoms with Crippen molar-refractivity contribution >= 4 is 29.1 Å². The molecule has 7 rings (SSSR count). The monoisotopic (exact) mass is 555 g/mol. The van der Waals surface area contributed by atoms with Crippen LogP contribution in [0.4, 0.5) is 5.69 Å². The van der Waals surface area contributed by atoms with E-state index < -0.39 is 23.4 Å². The predicted molar refractivity (Wildman–Crippen MR) is 161 cm³/mol. The molecule has 1 saturated heterocycles. The van der Waals surface area contributed by atoms with E-state index in [4.69, 9.17) is 9.47 Å². The SMILES string of the molecule is COc1ccc(OC)c([C@@H]2[C@H](C(=O)c3ccc(C)cc3)N3c4ccccc4C=C[C@@H]3C23C(=O)c2ccccc2C3=O)c1. The normalized spacial score (nSPS) is 21.2. The summed E-state index contributed by atoms with van der Waals surface area (Å²) in [6, 6.07) is 26.0. The summed E-state index contributed by atoms with van der Waals surface area (Å²) >= 11 is 0. The molecule has 6 heteroatoms. The van der Waals surface area contributed by atoms with Gasteiger partial charge in [-0.25, -0.2) is 0 Å². The summed E-state index contributed by atoms with van der Waals surface area (Å²) in [6.45, 7) is 1.97. The van der Waals surface area contributed by atoms with Gasteiger partial charge in [-0.1, -0.05) is 84.4 Å². The van der Waals surface area contributed by atoms with Crippen molar-refractivity contribution in [2.75, 3.05) is 19.1 Å². The van der Waals surface area contributed by atoms with Gasteiger partial charge in [-0.05, 0) is 36.8 Å². The molecule has 0 bridgehead atoms. The second-order valence-electron chi connectivity index (χ2n) is 11.1. The molecule has 1 aliphatic carbocycles. The van der Waals surface area contributed by atoms with Crippen molar-refractivity contribution in [3.63, 3.8) is 0 Å². The van der Waals surface area contributed by atoms with Crippen molar-refractivity contribution < 1.29 is 23.9 Å². The van der Waals surface area contributed by atoms with Crippen molar-refractivity contribution in [2.45, 2.75) is 24.9 Å². The lowest BCUT2D eigenvalue weighted by Crippen LogP contribution is -2.48. The van der Waals surface area contributed by atoms with Crippen molar-refractivity contribution in [3.8, 4) is 11.5 Å². The van der Waals surface area contributed by atoms with Gasteiger partial charge in [-0.3, -0.25) is 14.4 Å². The van der Waals surface area contributed by atoms with Crippen LogP contribution in [0.25, 0.3) is 6.08 Å². The number of nitrogens with zero attached hydrogens (tertiary/aromatic N) is 1. The molecule has 208 valence electrons. The number of carbonyl (C=O) groups is 3. The third-order valence-corrected chi connectivity index (χ3v) is 9.09. The van der Waals surface area contributed by atoms with Crippen LogP contribution in [0.5, 0.6) is 11.5 Å². The standard InChI is InChI=1S/C36H29NO5/c1-21-12-14-23(15-13-21)33(38)32-31(27-20-24(41-2)17-18-29(27)42-3)36(34(39)25-9-5-6-10-26(25)35(36)40)30-19-16-22-8-4-7-11-28(22)37(30)32/h4-20,30-32H,1-3H3/t30-,31-,32-/m1/s1. The molecule has 0 unspecified atom stereocenters. The number of ketones is 3. The molecule has 0 saturated carbocycles. The maximum atomic E-state index is 14.8. The van der Waals surface area contributed by atoms with Crippen LogP contribution in [-0.2, 0) is 0 Å². The topological polar surface area (TPSA) is 72.9 Å². The van der Waals surface area contributed by atoms with Crippen LogP contribution in [0.2, 0.25) is 0 Å². The number of hydrogen-bond acceptors (Lipinski definition) is 6. The quantitative estimate of drug-likeness (QED) is 0.212. The Kier molecular flexibility index (Phi) is 5.91. The summed E-state index contributed by atoms with van der Waals surface area (Å²) in [5.74, 6) is -0.598. The number of anilines is 1. The van der Waals surface area contributed by atoms with Gasteiger partial charge in [-0.2, -0.15) is 0 Å². The number of benzene rings is 4. The van der Waals surface area contributed by atoms with Crippen LogP contribution < -0.4 is 14.4 Å². The van der Waals surface area contributed by atoms with Gasteiger partial charge in [0.05, 0.1) is 20.3 Å². The molecule has 3 aliphatic rings. The van der Waals surface area contributed by atoms with Crippen LogP contribution in [0.15, 0.2) is 97.1 Å². The molecular formula is C36H29NO5. The molecule has 2 heterocycles. The van der Waals surface area contributed by atoms with E-state index in [-0.39, 0.29) is 17.3 Å². The zero-order valence-electron chi connectivity index (χ0n) is 23.5. The largest absolute Gasteiger partial charge is 0.497 e. The number of fused-ring (bicyclic) bond motifs is 5. The minimum absolute atomic E-state index is 0.173. The van der Waals surface area contributed by atoms with Gasteiger partial charge in [-0.15, -0.1) is 0 Å². The Morgan fingerprint density at radius 3 is 2.14 bits per heavy atom. The number of methoxy groups -OCH3 is 2. The van der Waals surface area contributed by atoms with E-state index in [9.17, 15) is 14.4 Å². The molecule has 4 aromatic carbocycles. The number of rotatable bonds is 5. The Balaban J connectivity index is 1.58. The Morgan fingerprint density at radius 1 is 0.810 bits per heavy atom. The predicted octanol–water partition coefficient (Wildman–Crippen LogP) is 6.33. The highest BCUT2D eigenvalue weighted by Gasteiger charge is 2.72. The van der Waals surface area contributed by atoms with Gasteiger partial charge in [0.15, 0.2) is 17.3 Å². The molecule has 1 spiro atoms. The van der Waals surface area contributed by atoms with Crippen molar-refractivity contribution in [3.05, 3.63) is 130 Å². The van der Waals surface area contributed by atoms with Crippen molar-refractivity contribution in [1.82, 2.24) is 0 Å². The molecule has 4 aromatic rings. The van der Waals surface area contributed by atoms with E-state index in [0.717, 1.165) is 16.8 Å². The lowest BCUT2D eigenvalue weighted by atomic mass is 9.64. The number of aryl methyl sites for hydroxylation is 1. The zero-order valence-corrected chi connectivity index (χ0v) is 23.5. The first-order valence-electron chi connectivity index (χ1n) is 14.0. The summed E-state index contributed by atoms with van der Waals surface area (Å²) in [5.41, 5.74) is 2.98. The summed E-state index contributed by atoms with van der Waals surface area (Å²) < 4.78 is 11.5. The molecular weight excluding hydrogens is 526 g/mol. The highest BCUT2D eigenvalue weighted by Crippen LogP contribution is 2.62. The Morgan fingerprint density at radius 2 is 1.48 bits per heavy atom. The summed E-state index contributed by atoms with van der Waals surface area (Å²) in [5, 5.41) is 0. The fourth-order valence-electron chi connectivity index (χ4n) is 7.23. The second-order valence-corrected chi connectivity index (χ2v) is 11.1. The average Bonchev–Trinajstić information content (AvgIpc) is 3.46. The van der Waals surface area contributed by atoms with Gasteiger partial charge in [0, 0.05) is 33.9 Å². The highest BCUT2D eigenvalue weighted by atomic mass is 16.5. The Bertz CT molecular complexity index is 1770. The van der Waals surface area contributed by atoms with Gasteiger partial charge in [0.25, 0.3) is 0 Å². The number of hydrogen-bond donors (Lipinski definition) is 0. The van der Waals surface area contributed by atoms with Crippen LogP contribution in [0.1, 0.15) is 53.7 Å². The zero-order chi connectivity index (χ0) is 29.2. The van der Waals surface area contributed by atoms with Crippen LogP contribution in [0, 0.1) is 12.3 Å². The van der Waals surface area contributed by atoms with Gasteiger partial charge < -0.3 is 14.4 Å². The van der Waals surface area contributed by atoms with Crippen LogP contribution >= 0.6 is 0 Å². The number of para-hydroxylation sites is 1. The third-order valence-electron chi connectivity index (χ3n) is 9.09. The minimum Gasteiger partial charge on any atom is -0.497 e. The Labute approximate surface area is 244 Å². The van der Waals surface area contributed by atoms with E-state index in [0.29, 0.717) is 33.8 Å².